The summed E-state index contributed by atoms with van der Waals surface area (Å²) < 4.78 is 35.1. The maximum Gasteiger partial charge on any atom is 0.189 e. The number of hydrogen-bond acceptors (Lipinski definition) is 8. The van der Waals surface area contributed by atoms with Crippen LogP contribution < -0.4 is 9.47 Å². The van der Waals surface area contributed by atoms with Gasteiger partial charge in [-0.1, -0.05) is 12.5 Å². The molecule has 5 atom stereocenters. The van der Waals surface area contributed by atoms with Crippen molar-refractivity contribution < 1.29 is 33.5 Å². The summed E-state index contributed by atoms with van der Waals surface area (Å²) in [5.74, 6) is 2.24. The molecule has 1 spiro atoms. The lowest BCUT2D eigenvalue weighted by Crippen LogP contribution is -2.77. The van der Waals surface area contributed by atoms with Gasteiger partial charge in [0, 0.05) is 32.4 Å². The van der Waals surface area contributed by atoms with E-state index in [1.165, 1.54) is 24.8 Å². The van der Waals surface area contributed by atoms with Crippen molar-refractivity contribution in [3.8, 4) is 11.5 Å². The lowest BCUT2D eigenvalue weighted by atomic mass is 9.48. The van der Waals surface area contributed by atoms with Crippen LogP contribution in [-0.2, 0) is 30.8 Å². The summed E-state index contributed by atoms with van der Waals surface area (Å²) in [6, 6.07) is 4.31. The maximum atomic E-state index is 12.7. The Labute approximate surface area is 214 Å². The summed E-state index contributed by atoms with van der Waals surface area (Å²) in [5, 5.41) is 12.7. The van der Waals surface area contributed by atoms with Crippen LogP contribution in [0.25, 0.3) is 0 Å². The lowest BCUT2D eigenvalue weighted by Gasteiger charge is -2.64. The zero-order chi connectivity index (χ0) is 24.8. The summed E-state index contributed by atoms with van der Waals surface area (Å²) in [4.78, 5) is 2.60. The van der Waals surface area contributed by atoms with Crippen molar-refractivity contribution in [2.24, 2.45) is 5.92 Å². The summed E-state index contributed by atoms with van der Waals surface area (Å²) in [7, 11) is 3.35. The maximum absolute atomic E-state index is 12.7. The van der Waals surface area contributed by atoms with Crippen LogP contribution in [0.2, 0.25) is 0 Å². The molecular weight excluding hydrogens is 462 g/mol. The minimum absolute atomic E-state index is 0.0941. The molecule has 8 heteroatoms. The molecule has 5 aliphatic rings. The molecule has 1 aromatic carbocycles. The number of methoxy groups -OCH3 is 2. The Morgan fingerprint density at radius 3 is 2.67 bits per heavy atom. The van der Waals surface area contributed by atoms with E-state index in [1.807, 2.05) is 6.07 Å². The Bertz CT molecular complexity index is 939. The van der Waals surface area contributed by atoms with E-state index in [9.17, 15) is 5.11 Å². The Kier molecular flexibility index (Phi) is 6.94. The molecule has 1 N–H and O–H groups in total. The number of aliphatic hydroxyl groups is 1. The van der Waals surface area contributed by atoms with Gasteiger partial charge in [-0.2, -0.15) is 0 Å². The number of benzene rings is 1. The Morgan fingerprint density at radius 1 is 1.06 bits per heavy atom. The van der Waals surface area contributed by atoms with Gasteiger partial charge in [0.2, 0.25) is 0 Å². The van der Waals surface area contributed by atoms with Crippen LogP contribution in [0.3, 0.4) is 0 Å². The molecular formula is C28H41NO7. The van der Waals surface area contributed by atoms with Crippen molar-refractivity contribution in [1.29, 1.82) is 0 Å². The second-order valence-corrected chi connectivity index (χ2v) is 11.2. The van der Waals surface area contributed by atoms with Gasteiger partial charge in [-0.05, 0) is 62.6 Å². The van der Waals surface area contributed by atoms with E-state index in [4.69, 9.17) is 28.4 Å². The molecule has 2 heterocycles. The van der Waals surface area contributed by atoms with Crippen molar-refractivity contribution >= 4 is 0 Å². The summed E-state index contributed by atoms with van der Waals surface area (Å²) in [5.41, 5.74) is 1.12. The van der Waals surface area contributed by atoms with E-state index < -0.39 is 11.0 Å². The molecule has 3 fully saturated rings. The number of nitrogens with zero attached hydrogens (tertiary/aromatic N) is 1. The zero-order valence-corrected chi connectivity index (χ0v) is 21.7. The van der Waals surface area contributed by atoms with E-state index >= 15 is 0 Å². The average Bonchev–Trinajstić information content (AvgIpc) is 3.20. The first-order valence-electron chi connectivity index (χ1n) is 13.7. The highest BCUT2D eigenvalue weighted by molar-refractivity contribution is 5.63. The molecule has 1 saturated heterocycles. The van der Waals surface area contributed by atoms with Crippen molar-refractivity contribution in [1.82, 2.24) is 4.90 Å². The normalized spacial score (nSPS) is 34.7. The number of likely N-dealkylation sites (tertiary alicyclic amines) is 1. The van der Waals surface area contributed by atoms with E-state index in [1.54, 1.807) is 14.2 Å². The fourth-order valence-electron chi connectivity index (χ4n) is 7.67. The third kappa shape index (κ3) is 3.79. The van der Waals surface area contributed by atoms with Crippen LogP contribution in [0, 0.1) is 5.92 Å². The first-order chi connectivity index (χ1) is 17.6. The molecule has 200 valence electrons. The van der Waals surface area contributed by atoms with Crippen LogP contribution in [0.15, 0.2) is 12.1 Å². The SMILES string of the molecule is COCCOCOc1ccc2c3c1O[C@H]1[C@@H](OCCOC)CC[C@@]4(O)[C@@H](C2)N(CC2CCC2)CC[C@]314. The molecule has 1 aromatic rings. The van der Waals surface area contributed by atoms with Gasteiger partial charge in [0.1, 0.15) is 6.10 Å². The summed E-state index contributed by atoms with van der Waals surface area (Å²) in [6.07, 6.45) is 6.87. The van der Waals surface area contributed by atoms with Gasteiger partial charge < -0.3 is 33.5 Å². The molecule has 6 rings (SSSR count). The van der Waals surface area contributed by atoms with Crippen LogP contribution in [0.5, 0.6) is 11.5 Å². The van der Waals surface area contributed by atoms with E-state index in [0.717, 1.165) is 56.0 Å². The molecule has 0 radical (unpaired) electrons. The quantitative estimate of drug-likeness (QED) is 0.345. The average molecular weight is 504 g/mol. The standard InChI is InChI=1S/C28H41NO7/c1-31-12-14-33-18-35-21-7-6-20-16-23-28(30)9-8-22(34-15-13-32-2)26-27(28,24(20)25(21)36-26)10-11-29(23)17-19-4-3-5-19/h6-7,19,22-23,26,30H,3-5,8-18H2,1-2H3/t22-,23+,26-,27-,28+/m0/s1. The molecule has 2 saturated carbocycles. The second kappa shape index (κ2) is 10.0. The van der Waals surface area contributed by atoms with Gasteiger partial charge >= 0.3 is 0 Å². The molecule has 0 unspecified atom stereocenters. The summed E-state index contributed by atoms with van der Waals surface area (Å²) >= 11 is 0. The minimum Gasteiger partial charge on any atom is -0.482 e. The van der Waals surface area contributed by atoms with Crippen molar-refractivity contribution in [3.05, 3.63) is 23.3 Å². The van der Waals surface area contributed by atoms with Crippen LogP contribution >= 0.6 is 0 Å². The first kappa shape index (κ1) is 24.9. The zero-order valence-electron chi connectivity index (χ0n) is 21.7. The van der Waals surface area contributed by atoms with Crippen LogP contribution in [-0.4, -0.2) is 94.4 Å². The number of ether oxygens (including phenoxy) is 6. The highest BCUT2D eigenvalue weighted by Crippen LogP contribution is 2.66. The van der Waals surface area contributed by atoms with Gasteiger partial charge in [0.25, 0.3) is 0 Å². The molecule has 36 heavy (non-hydrogen) atoms. The molecule has 0 amide bonds. The van der Waals surface area contributed by atoms with Gasteiger partial charge in [0.05, 0.1) is 43.5 Å². The predicted octanol–water partition coefficient (Wildman–Crippen LogP) is 2.67. The number of rotatable bonds is 12. The fraction of sp³-hybridized carbons (Fsp3) is 0.786. The molecule has 2 aliphatic heterocycles. The molecule has 8 nitrogen and oxygen atoms in total. The Hall–Kier alpha value is -1.42. The smallest absolute Gasteiger partial charge is 0.189 e. The minimum atomic E-state index is -0.841. The fourth-order valence-corrected chi connectivity index (χ4v) is 7.67. The van der Waals surface area contributed by atoms with E-state index in [2.05, 4.69) is 11.0 Å². The van der Waals surface area contributed by atoms with Crippen LogP contribution in [0.4, 0.5) is 0 Å². The third-order valence-corrected chi connectivity index (χ3v) is 9.57. The van der Waals surface area contributed by atoms with E-state index in [0.29, 0.717) is 32.2 Å². The lowest BCUT2D eigenvalue weighted by molar-refractivity contribution is -0.217. The topological polar surface area (TPSA) is 78.9 Å². The highest BCUT2D eigenvalue weighted by atomic mass is 16.7. The number of hydrogen-bond donors (Lipinski definition) is 1. The van der Waals surface area contributed by atoms with Crippen molar-refractivity contribution in [3.63, 3.8) is 0 Å². The van der Waals surface area contributed by atoms with Crippen molar-refractivity contribution in [2.45, 2.75) is 74.2 Å². The first-order valence-corrected chi connectivity index (χ1v) is 13.7. The Morgan fingerprint density at radius 2 is 1.89 bits per heavy atom. The monoisotopic (exact) mass is 503 g/mol. The predicted molar refractivity (Wildman–Crippen MR) is 133 cm³/mol. The van der Waals surface area contributed by atoms with Gasteiger partial charge in [-0.15, -0.1) is 0 Å². The van der Waals surface area contributed by atoms with E-state index in [-0.39, 0.29) is 25.0 Å². The Balaban J connectivity index is 1.34. The van der Waals surface area contributed by atoms with Gasteiger partial charge in [0.15, 0.2) is 18.3 Å². The van der Waals surface area contributed by atoms with Crippen LogP contribution in [0.1, 0.15) is 49.7 Å². The second-order valence-electron chi connectivity index (χ2n) is 11.2. The van der Waals surface area contributed by atoms with Gasteiger partial charge in [-0.3, -0.25) is 4.90 Å². The molecule has 2 bridgehead atoms. The summed E-state index contributed by atoms with van der Waals surface area (Å²) in [6.45, 7) is 4.28. The third-order valence-electron chi connectivity index (χ3n) is 9.57. The number of piperidine rings is 1. The largest absolute Gasteiger partial charge is 0.482 e. The van der Waals surface area contributed by atoms with Gasteiger partial charge in [-0.25, -0.2) is 0 Å². The van der Waals surface area contributed by atoms with Crippen molar-refractivity contribution in [2.75, 3.05) is 60.5 Å². The molecule has 0 aromatic heterocycles. The highest BCUT2D eigenvalue weighted by Gasteiger charge is 2.73. The molecule has 3 aliphatic carbocycles.